The second kappa shape index (κ2) is 7.50. The van der Waals surface area contributed by atoms with Crippen molar-refractivity contribution >= 4 is 21.9 Å². The molecule has 1 heterocycles. The second-order valence-corrected chi connectivity index (χ2v) is 8.40. The third kappa shape index (κ3) is 4.35. The Labute approximate surface area is 157 Å². The Kier molecular flexibility index (Phi) is 5.29. The third-order valence-electron chi connectivity index (χ3n) is 4.52. The summed E-state index contributed by atoms with van der Waals surface area (Å²) in [5.41, 5.74) is 8.05. The number of hydrogen-bond acceptors (Lipinski definition) is 5. The minimum Gasteiger partial charge on any atom is -0.460 e. The van der Waals surface area contributed by atoms with Crippen molar-refractivity contribution in [3.05, 3.63) is 70.8 Å². The van der Waals surface area contributed by atoms with Crippen LogP contribution in [0, 0.1) is 0 Å². The highest BCUT2D eigenvalue weighted by Gasteiger charge is 2.37. The molecule has 2 aromatic rings. The smallest absolute Gasteiger partial charge is 0.325 e. The van der Waals surface area contributed by atoms with Crippen LogP contribution in [-0.4, -0.2) is 36.9 Å². The van der Waals surface area contributed by atoms with Crippen molar-refractivity contribution < 1.29 is 22.7 Å². The van der Waals surface area contributed by atoms with Crippen LogP contribution in [-0.2, 0) is 39.1 Å². The molecule has 1 amide bonds. The molecule has 0 unspecified atom stereocenters. The predicted octanol–water partition coefficient (Wildman–Crippen LogP) is 1.22. The van der Waals surface area contributed by atoms with E-state index in [0.29, 0.717) is 11.1 Å². The quantitative estimate of drug-likeness (QED) is 0.775. The summed E-state index contributed by atoms with van der Waals surface area (Å²) in [6.45, 7) is 0.121. The van der Waals surface area contributed by atoms with E-state index in [1.165, 1.54) is 4.31 Å². The van der Waals surface area contributed by atoms with Crippen molar-refractivity contribution in [3.63, 3.8) is 0 Å². The molecule has 142 valence electrons. The molecule has 0 aliphatic carbocycles. The maximum atomic E-state index is 12.6. The van der Waals surface area contributed by atoms with Gasteiger partial charge in [-0.1, -0.05) is 36.4 Å². The number of nitrogens with two attached hydrogens (primary N) is 1. The molecule has 27 heavy (non-hydrogen) atoms. The number of fused-ring (bicyclic) bond motifs is 1. The maximum Gasteiger partial charge on any atom is 0.325 e. The summed E-state index contributed by atoms with van der Waals surface area (Å²) in [6.07, 6.45) is 1.35. The second-order valence-electron chi connectivity index (χ2n) is 6.47. The van der Waals surface area contributed by atoms with Gasteiger partial charge >= 0.3 is 5.97 Å². The van der Waals surface area contributed by atoms with E-state index in [4.69, 9.17) is 10.5 Å². The maximum absolute atomic E-state index is 12.6. The van der Waals surface area contributed by atoms with Crippen LogP contribution in [0.2, 0.25) is 0 Å². The van der Waals surface area contributed by atoms with Gasteiger partial charge < -0.3 is 10.5 Å². The van der Waals surface area contributed by atoms with E-state index in [0.717, 1.165) is 17.4 Å². The molecular formula is C19H20N2O5S. The number of ether oxygens (including phenoxy) is 1. The molecule has 0 bridgehead atoms. The Balaban J connectivity index is 1.74. The van der Waals surface area contributed by atoms with Gasteiger partial charge in [0.2, 0.25) is 15.9 Å². The van der Waals surface area contributed by atoms with E-state index >= 15 is 0 Å². The number of primary amides is 1. The van der Waals surface area contributed by atoms with E-state index in [-0.39, 0.29) is 19.6 Å². The number of benzene rings is 2. The lowest BCUT2D eigenvalue weighted by Gasteiger charge is -2.33. The molecule has 2 N–H and O–H groups in total. The van der Waals surface area contributed by atoms with Crippen LogP contribution in [0.5, 0.6) is 0 Å². The van der Waals surface area contributed by atoms with Crippen molar-refractivity contribution in [2.24, 2.45) is 5.73 Å². The lowest BCUT2D eigenvalue weighted by atomic mass is 9.96. The number of esters is 1. The Hall–Kier alpha value is -2.71. The molecule has 1 aliphatic heterocycles. The van der Waals surface area contributed by atoms with E-state index in [9.17, 15) is 18.0 Å². The summed E-state index contributed by atoms with van der Waals surface area (Å²) in [7, 11) is -3.58. The fourth-order valence-electron chi connectivity index (χ4n) is 3.06. The summed E-state index contributed by atoms with van der Waals surface area (Å²) in [6, 6.07) is 12.9. The number of sulfonamides is 1. The third-order valence-corrected chi connectivity index (χ3v) is 5.76. The van der Waals surface area contributed by atoms with E-state index in [2.05, 4.69) is 0 Å². The van der Waals surface area contributed by atoms with Gasteiger partial charge in [-0.15, -0.1) is 0 Å². The first-order valence-electron chi connectivity index (χ1n) is 8.34. The van der Waals surface area contributed by atoms with Crippen LogP contribution in [0.4, 0.5) is 0 Å². The van der Waals surface area contributed by atoms with Gasteiger partial charge in [0.1, 0.15) is 12.6 Å². The first kappa shape index (κ1) is 19.1. The van der Waals surface area contributed by atoms with Crippen LogP contribution < -0.4 is 5.73 Å². The Morgan fingerprint density at radius 1 is 1.11 bits per heavy atom. The SMILES string of the molecule is CS(=O)(=O)N1Cc2ccccc2C[C@H]1C(=O)OCc1ccc(C(N)=O)cc1. The Morgan fingerprint density at radius 3 is 2.33 bits per heavy atom. The standard InChI is InChI=1S/C19H20N2O5S/c1-27(24,25)21-11-16-5-3-2-4-15(16)10-17(21)19(23)26-12-13-6-8-14(9-7-13)18(20)22/h2-9,17H,10-12H2,1H3,(H2,20,22)/t17-/m0/s1. The molecule has 8 heteroatoms. The highest BCUT2D eigenvalue weighted by Crippen LogP contribution is 2.26. The molecule has 0 aromatic heterocycles. The topological polar surface area (TPSA) is 107 Å². The molecule has 0 radical (unpaired) electrons. The number of carbonyl (C=O) groups is 2. The fourth-order valence-corrected chi connectivity index (χ4v) is 4.06. The molecule has 7 nitrogen and oxygen atoms in total. The molecule has 3 rings (SSSR count). The van der Waals surface area contributed by atoms with Gasteiger partial charge in [0.05, 0.1) is 6.26 Å². The van der Waals surface area contributed by atoms with Crippen LogP contribution in [0.1, 0.15) is 27.0 Å². The van der Waals surface area contributed by atoms with Gasteiger partial charge in [-0.05, 0) is 28.8 Å². The van der Waals surface area contributed by atoms with Crippen molar-refractivity contribution in [1.82, 2.24) is 4.31 Å². The van der Waals surface area contributed by atoms with Gasteiger partial charge in [0.25, 0.3) is 0 Å². The van der Waals surface area contributed by atoms with Gasteiger partial charge in [0.15, 0.2) is 0 Å². The molecule has 0 saturated heterocycles. The van der Waals surface area contributed by atoms with Crippen molar-refractivity contribution in [2.75, 3.05) is 6.26 Å². The molecule has 2 aromatic carbocycles. The zero-order valence-corrected chi connectivity index (χ0v) is 15.6. The summed E-state index contributed by atoms with van der Waals surface area (Å²) < 4.78 is 30.8. The lowest BCUT2D eigenvalue weighted by Crippen LogP contribution is -2.48. The summed E-state index contributed by atoms with van der Waals surface area (Å²) in [5, 5.41) is 0. The van der Waals surface area contributed by atoms with E-state index < -0.39 is 27.9 Å². The van der Waals surface area contributed by atoms with E-state index in [1.807, 2.05) is 24.3 Å². The monoisotopic (exact) mass is 388 g/mol. The van der Waals surface area contributed by atoms with Gasteiger partial charge in [-0.25, -0.2) is 8.42 Å². The molecule has 1 aliphatic rings. The molecule has 0 fully saturated rings. The molecule has 0 spiro atoms. The Bertz CT molecular complexity index is 970. The fraction of sp³-hybridized carbons (Fsp3) is 0.263. The average Bonchev–Trinajstić information content (AvgIpc) is 2.64. The summed E-state index contributed by atoms with van der Waals surface area (Å²) in [5.74, 6) is -1.14. The van der Waals surface area contributed by atoms with Crippen LogP contribution >= 0.6 is 0 Å². The summed E-state index contributed by atoms with van der Waals surface area (Å²) >= 11 is 0. The normalized spacial score (nSPS) is 17.1. The lowest BCUT2D eigenvalue weighted by molar-refractivity contribution is -0.150. The zero-order valence-electron chi connectivity index (χ0n) is 14.8. The first-order chi connectivity index (χ1) is 12.8. The Morgan fingerprint density at radius 2 is 1.74 bits per heavy atom. The van der Waals surface area contributed by atoms with Gasteiger partial charge in [-0.2, -0.15) is 4.31 Å². The van der Waals surface area contributed by atoms with E-state index in [1.54, 1.807) is 24.3 Å². The van der Waals surface area contributed by atoms with Gasteiger partial charge in [0, 0.05) is 18.5 Å². The number of nitrogens with zero attached hydrogens (tertiary/aromatic N) is 1. The molecule has 1 atom stereocenters. The molecular weight excluding hydrogens is 368 g/mol. The predicted molar refractivity (Wildman–Crippen MR) is 99.1 cm³/mol. The van der Waals surface area contributed by atoms with Crippen molar-refractivity contribution in [1.29, 1.82) is 0 Å². The number of carbonyl (C=O) groups excluding carboxylic acids is 2. The largest absolute Gasteiger partial charge is 0.460 e. The minimum atomic E-state index is -3.58. The van der Waals surface area contributed by atoms with Gasteiger partial charge in [-0.3, -0.25) is 9.59 Å². The van der Waals surface area contributed by atoms with Crippen LogP contribution in [0.15, 0.2) is 48.5 Å². The first-order valence-corrected chi connectivity index (χ1v) is 10.2. The highest BCUT2D eigenvalue weighted by atomic mass is 32.2. The number of rotatable bonds is 5. The van der Waals surface area contributed by atoms with Crippen molar-refractivity contribution in [2.45, 2.75) is 25.6 Å². The zero-order chi connectivity index (χ0) is 19.6. The minimum absolute atomic E-state index is 0.0202. The van der Waals surface area contributed by atoms with Crippen LogP contribution in [0.3, 0.4) is 0 Å². The highest BCUT2D eigenvalue weighted by molar-refractivity contribution is 7.88. The number of amides is 1. The average molecular weight is 388 g/mol. The number of hydrogen-bond donors (Lipinski definition) is 1. The molecule has 0 saturated carbocycles. The van der Waals surface area contributed by atoms with Crippen molar-refractivity contribution in [3.8, 4) is 0 Å². The van der Waals surface area contributed by atoms with Crippen LogP contribution in [0.25, 0.3) is 0 Å². The summed E-state index contributed by atoms with van der Waals surface area (Å²) in [4.78, 5) is 23.7.